The van der Waals surface area contributed by atoms with Crippen molar-refractivity contribution < 1.29 is 27.6 Å². The molecule has 0 heterocycles. The van der Waals surface area contributed by atoms with Crippen molar-refractivity contribution in [3.05, 3.63) is 0 Å². The smallest absolute Gasteiger partial charge is 0.312 e. The van der Waals surface area contributed by atoms with Gasteiger partial charge in [0.15, 0.2) is 0 Å². The van der Waals surface area contributed by atoms with Crippen LogP contribution in [-0.4, -0.2) is 42.0 Å². The van der Waals surface area contributed by atoms with Crippen LogP contribution in [0.25, 0.3) is 0 Å². The Morgan fingerprint density at radius 3 is 2.35 bits per heavy atom. The highest BCUT2D eigenvalue weighted by atomic mass is 32.2. The monoisotopic (exact) mass is 303 g/mol. The van der Waals surface area contributed by atoms with Crippen LogP contribution in [0.3, 0.4) is 0 Å². The van der Waals surface area contributed by atoms with E-state index in [1.807, 2.05) is 0 Å². The molecule has 0 aromatic heterocycles. The van der Waals surface area contributed by atoms with Crippen molar-refractivity contribution >= 4 is 16.1 Å². The predicted octanol–water partition coefficient (Wildman–Crippen LogP) is 0.406. The molecule has 114 valence electrons. The normalized spacial score (nSPS) is 42.7. The topological polar surface area (TPSA) is 104 Å². The van der Waals surface area contributed by atoms with Crippen LogP contribution < -0.4 is 0 Å². The van der Waals surface area contributed by atoms with Crippen LogP contribution in [0.1, 0.15) is 38.5 Å². The quantitative estimate of drug-likeness (QED) is 0.596. The van der Waals surface area contributed by atoms with Crippen LogP contribution in [-0.2, 0) is 19.6 Å². The van der Waals surface area contributed by atoms with E-state index in [4.69, 9.17) is 4.74 Å². The number of ether oxygens (including phenoxy) is 1. The van der Waals surface area contributed by atoms with Crippen molar-refractivity contribution in [2.75, 3.05) is 12.4 Å². The van der Waals surface area contributed by atoms with Crippen LogP contribution >= 0.6 is 0 Å². The van der Waals surface area contributed by atoms with E-state index in [1.54, 1.807) is 0 Å². The Kier molecular flexibility index (Phi) is 3.15. The van der Waals surface area contributed by atoms with Gasteiger partial charge in [0.05, 0.1) is 26.9 Å². The van der Waals surface area contributed by atoms with Gasteiger partial charge >= 0.3 is 5.97 Å². The molecule has 0 saturated heterocycles. The number of rotatable bonds is 4. The lowest BCUT2D eigenvalue weighted by Gasteiger charge is -2.58. The number of esters is 1. The lowest BCUT2D eigenvalue weighted by atomic mass is 9.48. The summed E-state index contributed by atoms with van der Waals surface area (Å²) >= 11 is 0. The van der Waals surface area contributed by atoms with Crippen molar-refractivity contribution in [3.63, 3.8) is 0 Å². The molecule has 4 saturated carbocycles. The van der Waals surface area contributed by atoms with E-state index in [-0.39, 0.29) is 6.61 Å². The standard InChI is InChI=1S/C13H20O6S/c14-11(19-1-2-20(16,17)18)12-4-9-3-10(5-12)7-13(15,6-9)8-12/h9-10,15H,1-8H2,(H,16,17,18)/p-1. The molecule has 7 heteroatoms. The predicted molar refractivity (Wildman–Crippen MR) is 67.6 cm³/mol. The Morgan fingerprint density at radius 1 is 1.25 bits per heavy atom. The maximum absolute atomic E-state index is 12.3. The van der Waals surface area contributed by atoms with Crippen molar-refractivity contribution in [2.45, 2.75) is 44.1 Å². The summed E-state index contributed by atoms with van der Waals surface area (Å²) in [7, 11) is -4.36. The van der Waals surface area contributed by atoms with Crippen LogP contribution in [0.2, 0.25) is 0 Å². The number of carbonyl (C=O) groups excluding carboxylic acids is 1. The average Bonchev–Trinajstić information content (AvgIpc) is 2.23. The zero-order valence-electron chi connectivity index (χ0n) is 11.2. The molecule has 1 N–H and O–H groups in total. The Balaban J connectivity index is 1.68. The highest BCUT2D eigenvalue weighted by Crippen LogP contribution is 2.61. The third-order valence-electron chi connectivity index (χ3n) is 5.03. The summed E-state index contributed by atoms with van der Waals surface area (Å²) in [6.45, 7) is -0.389. The molecule has 0 amide bonds. The molecule has 2 unspecified atom stereocenters. The SMILES string of the molecule is O=C(OCCS(=O)(=O)[O-])C12CC3CC(CC(O)(C3)C1)C2. The molecule has 0 spiro atoms. The van der Waals surface area contributed by atoms with Crippen LogP contribution in [0.5, 0.6) is 0 Å². The summed E-state index contributed by atoms with van der Waals surface area (Å²) in [5.74, 6) is -0.408. The second kappa shape index (κ2) is 4.42. The molecule has 0 aliphatic heterocycles. The van der Waals surface area contributed by atoms with Gasteiger partial charge in [-0.15, -0.1) is 0 Å². The zero-order chi connectivity index (χ0) is 14.6. The Hall–Kier alpha value is -0.660. The molecule has 0 radical (unpaired) electrons. The third kappa shape index (κ3) is 2.58. The molecule has 4 fully saturated rings. The van der Waals surface area contributed by atoms with E-state index >= 15 is 0 Å². The summed E-state index contributed by atoms with van der Waals surface area (Å²) in [6, 6.07) is 0. The molecule has 4 bridgehead atoms. The minimum Gasteiger partial charge on any atom is -0.748 e. The van der Waals surface area contributed by atoms with Crippen molar-refractivity contribution in [3.8, 4) is 0 Å². The van der Waals surface area contributed by atoms with Gasteiger partial charge in [-0.3, -0.25) is 4.79 Å². The molecule has 4 aliphatic carbocycles. The first-order valence-electron chi connectivity index (χ1n) is 7.03. The summed E-state index contributed by atoms with van der Waals surface area (Å²) in [5.41, 5.74) is -1.42. The fraction of sp³-hybridized carbons (Fsp3) is 0.923. The minimum absolute atomic E-state index is 0.358. The number of hydrogen-bond donors (Lipinski definition) is 1. The first-order chi connectivity index (χ1) is 9.20. The molecular formula is C13H19O6S-. The highest BCUT2D eigenvalue weighted by molar-refractivity contribution is 7.85. The molecule has 20 heavy (non-hydrogen) atoms. The zero-order valence-corrected chi connectivity index (χ0v) is 12.0. The van der Waals surface area contributed by atoms with Gasteiger partial charge in [0, 0.05) is 0 Å². The summed E-state index contributed by atoms with van der Waals surface area (Å²) in [4.78, 5) is 12.3. The lowest BCUT2D eigenvalue weighted by Crippen LogP contribution is -2.58. The van der Waals surface area contributed by atoms with E-state index in [9.17, 15) is 22.9 Å². The van der Waals surface area contributed by atoms with Gasteiger partial charge in [0.2, 0.25) is 0 Å². The van der Waals surface area contributed by atoms with Crippen molar-refractivity contribution in [1.82, 2.24) is 0 Å². The summed E-state index contributed by atoms with van der Waals surface area (Å²) in [5, 5.41) is 10.5. The number of aliphatic hydroxyl groups is 1. The molecular weight excluding hydrogens is 284 g/mol. The van der Waals surface area contributed by atoms with Crippen LogP contribution in [0.15, 0.2) is 0 Å². The van der Waals surface area contributed by atoms with Crippen molar-refractivity contribution in [2.24, 2.45) is 17.3 Å². The number of carbonyl (C=O) groups is 1. The van der Waals surface area contributed by atoms with Crippen LogP contribution in [0.4, 0.5) is 0 Å². The third-order valence-corrected chi connectivity index (χ3v) is 5.70. The van der Waals surface area contributed by atoms with Gasteiger partial charge in [0.1, 0.15) is 6.61 Å². The first-order valence-corrected chi connectivity index (χ1v) is 8.61. The van der Waals surface area contributed by atoms with Crippen molar-refractivity contribution in [1.29, 1.82) is 0 Å². The highest BCUT2D eigenvalue weighted by Gasteiger charge is 2.60. The molecule has 6 nitrogen and oxygen atoms in total. The second-order valence-electron chi connectivity index (χ2n) is 6.86. The largest absolute Gasteiger partial charge is 0.748 e. The van der Waals surface area contributed by atoms with Gasteiger partial charge < -0.3 is 14.4 Å². The van der Waals surface area contributed by atoms with E-state index < -0.39 is 32.9 Å². The van der Waals surface area contributed by atoms with E-state index in [0.29, 0.717) is 18.3 Å². The Labute approximate surface area is 118 Å². The van der Waals surface area contributed by atoms with Gasteiger partial charge in [0.25, 0.3) is 0 Å². The van der Waals surface area contributed by atoms with E-state index in [2.05, 4.69) is 0 Å². The molecule has 0 aromatic carbocycles. The molecule has 2 atom stereocenters. The van der Waals surface area contributed by atoms with Gasteiger partial charge in [-0.2, -0.15) is 0 Å². The molecule has 4 aliphatic rings. The molecule has 0 aromatic rings. The first kappa shape index (κ1) is 14.3. The van der Waals surface area contributed by atoms with Gasteiger partial charge in [-0.1, -0.05) is 0 Å². The minimum atomic E-state index is -4.36. The fourth-order valence-electron chi connectivity index (χ4n) is 4.84. The van der Waals surface area contributed by atoms with E-state index in [0.717, 1.165) is 32.1 Å². The Bertz CT molecular complexity index is 511. The average molecular weight is 303 g/mol. The van der Waals surface area contributed by atoms with Crippen LogP contribution in [0, 0.1) is 17.3 Å². The summed E-state index contributed by atoms with van der Waals surface area (Å²) in [6.07, 6.45) is 4.42. The second-order valence-corrected chi connectivity index (χ2v) is 8.39. The Morgan fingerprint density at radius 2 is 1.85 bits per heavy atom. The number of hydrogen-bond acceptors (Lipinski definition) is 6. The maximum atomic E-state index is 12.3. The lowest BCUT2D eigenvalue weighted by molar-refractivity contribution is -0.195. The maximum Gasteiger partial charge on any atom is 0.312 e. The fourth-order valence-corrected chi connectivity index (χ4v) is 5.13. The summed E-state index contributed by atoms with van der Waals surface area (Å²) < 4.78 is 36.6. The van der Waals surface area contributed by atoms with Gasteiger partial charge in [-0.05, 0) is 50.4 Å². The molecule has 4 rings (SSSR count). The van der Waals surface area contributed by atoms with E-state index in [1.165, 1.54) is 0 Å². The van der Waals surface area contributed by atoms with Gasteiger partial charge in [-0.25, -0.2) is 8.42 Å².